The van der Waals surface area contributed by atoms with E-state index in [0.717, 1.165) is 17.1 Å². The Hall–Kier alpha value is -8.20. The molecule has 1 spiro atoms. The van der Waals surface area contributed by atoms with Gasteiger partial charge in [-0.15, -0.1) is 0 Å². The van der Waals surface area contributed by atoms with Crippen LogP contribution in [0.25, 0.3) is 72.0 Å². The molecule has 2 nitrogen and oxygen atoms in total. The highest BCUT2D eigenvalue weighted by atomic mass is 15.1. The maximum Gasteiger partial charge on any atom is 0.0726 e. The summed E-state index contributed by atoms with van der Waals surface area (Å²) >= 11 is 0. The first-order chi connectivity index (χ1) is 35.7. The van der Waals surface area contributed by atoms with Gasteiger partial charge in [0.1, 0.15) is 0 Å². The minimum Gasteiger partial charge on any atom is -0.310 e. The molecule has 0 atom stereocenters. The molecule has 3 aliphatic carbocycles. The lowest BCUT2D eigenvalue weighted by atomic mass is 9.68. The lowest BCUT2D eigenvalue weighted by Crippen LogP contribution is -2.27. The van der Waals surface area contributed by atoms with E-state index in [0.29, 0.717) is 0 Å². The SMILES string of the molecule is CC(C)(C)c1ccc2c(c1)C1(c3ccccc3-c3ccccc31)c1cc(C(C)(C)C)cc(N(c3cccc(-n4c5ccccc5c5cc(-c6ccccc6)ccc54)c3)c3ccc4c(c3)C(C)(C)c3ccccc3-4)c1-2. The zero-order chi connectivity index (χ0) is 50.5. The van der Waals surface area contributed by atoms with E-state index in [1.165, 1.54) is 117 Å². The minimum atomic E-state index is -0.536. The summed E-state index contributed by atoms with van der Waals surface area (Å²) in [5.74, 6) is 0. The fraction of sp³-hybridized carbons (Fsp3) is 0.167. The van der Waals surface area contributed by atoms with Crippen LogP contribution in [0.15, 0.2) is 218 Å². The Morgan fingerprint density at radius 2 is 0.946 bits per heavy atom. The summed E-state index contributed by atoms with van der Waals surface area (Å²) in [6.45, 7) is 19.0. The van der Waals surface area contributed by atoms with Gasteiger partial charge < -0.3 is 9.47 Å². The Labute approximate surface area is 436 Å². The quantitative estimate of drug-likeness (QED) is 0.167. The molecule has 11 aromatic rings. The van der Waals surface area contributed by atoms with Crippen molar-refractivity contribution in [3.8, 4) is 50.2 Å². The molecule has 0 saturated heterocycles. The summed E-state index contributed by atoms with van der Waals surface area (Å²) < 4.78 is 2.48. The number of aromatic nitrogens is 1. The van der Waals surface area contributed by atoms with Gasteiger partial charge in [-0.3, -0.25) is 0 Å². The van der Waals surface area contributed by atoms with Crippen LogP contribution in [0.2, 0.25) is 0 Å². The van der Waals surface area contributed by atoms with Crippen molar-refractivity contribution in [2.75, 3.05) is 4.90 Å². The van der Waals surface area contributed by atoms with Crippen molar-refractivity contribution < 1.29 is 0 Å². The maximum atomic E-state index is 2.62. The molecule has 0 amide bonds. The lowest BCUT2D eigenvalue weighted by molar-refractivity contribution is 0.586. The molecule has 74 heavy (non-hydrogen) atoms. The van der Waals surface area contributed by atoms with Crippen molar-refractivity contribution in [2.45, 2.75) is 77.0 Å². The molecule has 1 heterocycles. The topological polar surface area (TPSA) is 8.17 Å². The van der Waals surface area contributed by atoms with Crippen molar-refractivity contribution in [3.05, 3.63) is 263 Å². The number of hydrogen-bond acceptors (Lipinski definition) is 1. The standard InChI is InChI=1S/C72H60N2/c1-69(2,3)47-34-36-57-63(40-47)72(60-30-17-13-26-53(60)54-27-14-18-31-61(54)72)64-41-48(70(4,5)6)42-67(68(57)64)73(51-35-37-55-52-25-12-16-29-59(52)71(7,8)62(55)44-51)49-23-20-24-50(43-49)74-65-32-19-15-28-56(65)58-39-46(33-38-66(58)74)45-21-10-9-11-22-45/h9-44H,1-8H3. The van der Waals surface area contributed by atoms with Crippen LogP contribution in [0.1, 0.15) is 99.9 Å². The van der Waals surface area contributed by atoms with Gasteiger partial charge in [0, 0.05) is 38.8 Å². The predicted molar refractivity (Wildman–Crippen MR) is 312 cm³/mol. The van der Waals surface area contributed by atoms with E-state index in [-0.39, 0.29) is 16.2 Å². The van der Waals surface area contributed by atoms with Crippen molar-refractivity contribution in [1.82, 2.24) is 4.57 Å². The van der Waals surface area contributed by atoms with Crippen LogP contribution >= 0.6 is 0 Å². The number of hydrogen-bond donors (Lipinski definition) is 0. The van der Waals surface area contributed by atoms with E-state index in [1.807, 2.05) is 0 Å². The highest BCUT2D eigenvalue weighted by Gasteiger charge is 2.53. The van der Waals surface area contributed by atoms with Crippen molar-refractivity contribution in [1.29, 1.82) is 0 Å². The highest BCUT2D eigenvalue weighted by Crippen LogP contribution is 2.66. The van der Waals surface area contributed by atoms with E-state index in [4.69, 9.17) is 0 Å². The van der Waals surface area contributed by atoms with E-state index < -0.39 is 5.41 Å². The molecule has 0 radical (unpaired) electrons. The van der Waals surface area contributed by atoms with Crippen LogP contribution < -0.4 is 4.90 Å². The lowest BCUT2D eigenvalue weighted by Gasteiger charge is -2.35. The monoisotopic (exact) mass is 952 g/mol. The summed E-state index contributed by atoms with van der Waals surface area (Å²) in [6, 6.07) is 83.3. The van der Waals surface area contributed by atoms with E-state index in [9.17, 15) is 0 Å². The molecular formula is C72H60N2. The molecule has 2 heteroatoms. The average molecular weight is 953 g/mol. The van der Waals surface area contributed by atoms with Gasteiger partial charge >= 0.3 is 0 Å². The summed E-state index contributed by atoms with van der Waals surface area (Å²) in [4.78, 5) is 2.62. The second-order valence-corrected chi connectivity index (χ2v) is 23.7. The van der Waals surface area contributed by atoms with Crippen LogP contribution in [-0.4, -0.2) is 4.57 Å². The molecule has 14 rings (SSSR count). The Kier molecular flexibility index (Phi) is 9.41. The highest BCUT2D eigenvalue weighted by molar-refractivity contribution is 6.11. The molecule has 1 aromatic heterocycles. The Morgan fingerprint density at radius 1 is 0.365 bits per heavy atom. The van der Waals surface area contributed by atoms with Gasteiger partial charge in [0.25, 0.3) is 0 Å². The number of nitrogens with zero attached hydrogens (tertiary/aromatic N) is 2. The molecule has 0 saturated carbocycles. The first kappa shape index (κ1) is 44.5. The molecule has 0 fully saturated rings. The van der Waals surface area contributed by atoms with E-state index in [2.05, 4.69) is 283 Å². The number of anilines is 3. The third kappa shape index (κ3) is 6.24. The van der Waals surface area contributed by atoms with Crippen molar-refractivity contribution >= 4 is 38.9 Å². The van der Waals surface area contributed by atoms with Crippen molar-refractivity contribution in [3.63, 3.8) is 0 Å². The molecule has 0 aliphatic heterocycles. The first-order valence-corrected chi connectivity index (χ1v) is 26.5. The summed E-state index contributed by atoms with van der Waals surface area (Å²) in [5, 5.41) is 2.49. The van der Waals surface area contributed by atoms with Crippen LogP contribution in [0.5, 0.6) is 0 Å². The Balaban J connectivity index is 1.08. The number of fused-ring (bicyclic) bond motifs is 16. The first-order valence-electron chi connectivity index (χ1n) is 26.5. The van der Waals surface area contributed by atoms with Gasteiger partial charge in [0.15, 0.2) is 0 Å². The third-order valence-corrected chi connectivity index (χ3v) is 17.1. The zero-order valence-electron chi connectivity index (χ0n) is 43.7. The second kappa shape index (κ2) is 15.7. The second-order valence-electron chi connectivity index (χ2n) is 23.7. The van der Waals surface area contributed by atoms with Crippen LogP contribution in [0.3, 0.4) is 0 Å². The van der Waals surface area contributed by atoms with Gasteiger partial charge in [0.05, 0.1) is 22.1 Å². The number of rotatable bonds is 5. The molecule has 358 valence electrons. The van der Waals surface area contributed by atoms with Gasteiger partial charge in [-0.2, -0.15) is 0 Å². The normalized spacial score (nSPS) is 14.4. The van der Waals surface area contributed by atoms with Gasteiger partial charge in [-0.1, -0.05) is 219 Å². The molecule has 0 N–H and O–H groups in total. The fourth-order valence-corrected chi connectivity index (χ4v) is 13.4. The minimum absolute atomic E-state index is 0.0563. The van der Waals surface area contributed by atoms with Crippen LogP contribution in [0.4, 0.5) is 17.1 Å². The van der Waals surface area contributed by atoms with E-state index in [1.54, 1.807) is 0 Å². The number of benzene rings is 10. The Morgan fingerprint density at radius 3 is 1.66 bits per heavy atom. The molecule has 3 aliphatic rings. The third-order valence-electron chi connectivity index (χ3n) is 17.1. The van der Waals surface area contributed by atoms with Crippen molar-refractivity contribution in [2.24, 2.45) is 0 Å². The maximum absolute atomic E-state index is 2.62. The molecule has 10 aromatic carbocycles. The summed E-state index contributed by atoms with van der Waals surface area (Å²) in [7, 11) is 0. The van der Waals surface area contributed by atoms with Crippen LogP contribution in [-0.2, 0) is 21.7 Å². The van der Waals surface area contributed by atoms with Gasteiger partial charge in [-0.05, 0) is 149 Å². The van der Waals surface area contributed by atoms with Gasteiger partial charge in [0.2, 0.25) is 0 Å². The van der Waals surface area contributed by atoms with E-state index >= 15 is 0 Å². The van der Waals surface area contributed by atoms with Crippen LogP contribution in [0, 0.1) is 0 Å². The molecular weight excluding hydrogens is 893 g/mol. The zero-order valence-corrected chi connectivity index (χ0v) is 43.7. The average Bonchev–Trinajstić information content (AvgIpc) is 4.09. The summed E-state index contributed by atoms with van der Waals surface area (Å²) in [5.41, 5.74) is 27.1. The summed E-state index contributed by atoms with van der Waals surface area (Å²) in [6.07, 6.45) is 0. The number of para-hydroxylation sites is 1. The van der Waals surface area contributed by atoms with Gasteiger partial charge in [-0.25, -0.2) is 0 Å². The smallest absolute Gasteiger partial charge is 0.0726 e. The Bertz CT molecular complexity index is 4080. The predicted octanol–water partition coefficient (Wildman–Crippen LogP) is 19.2. The fourth-order valence-electron chi connectivity index (χ4n) is 13.4. The largest absolute Gasteiger partial charge is 0.310 e. The molecule has 0 bridgehead atoms. The molecule has 0 unspecified atom stereocenters.